The molecule has 1 aliphatic rings. The van der Waals surface area contributed by atoms with Crippen LogP contribution in [0, 0.1) is 0 Å². The molecule has 1 aromatic rings. The summed E-state index contributed by atoms with van der Waals surface area (Å²) in [4.78, 5) is 73.9. The van der Waals surface area contributed by atoms with Crippen molar-refractivity contribution < 1.29 is 47.7 Å². The molecule has 1 aliphatic heterocycles. The van der Waals surface area contributed by atoms with E-state index >= 15 is 0 Å². The highest BCUT2D eigenvalue weighted by Crippen LogP contribution is 2.16. The standard InChI is InChI=1S/C40H66N4O10/c1-37(2,3)51-32(45)25-42-20-18-41(19-21-43(23-22-42)26-33(46)52-38(4,5)6)24-31(36(49)50-29-30-16-14-13-15-17-30)44(27-34(47)53-39(7,8)9)28-35(48)54-40(10,11)12/h13-17,31H,18-29H2,1-12H3. The molecule has 0 N–H and O–H groups in total. The van der Waals surface area contributed by atoms with E-state index in [-0.39, 0.29) is 51.3 Å². The summed E-state index contributed by atoms with van der Waals surface area (Å²) in [7, 11) is 0. The number of benzene rings is 1. The van der Waals surface area contributed by atoms with Crippen molar-refractivity contribution in [2.75, 3.05) is 72.0 Å². The van der Waals surface area contributed by atoms with Gasteiger partial charge in [-0.2, -0.15) is 0 Å². The zero-order chi connectivity index (χ0) is 40.9. The molecule has 306 valence electrons. The van der Waals surface area contributed by atoms with Crippen molar-refractivity contribution in [3.63, 3.8) is 0 Å². The predicted molar refractivity (Wildman–Crippen MR) is 204 cm³/mol. The molecule has 14 nitrogen and oxygen atoms in total. The van der Waals surface area contributed by atoms with E-state index in [0.717, 1.165) is 5.56 Å². The van der Waals surface area contributed by atoms with Crippen LogP contribution in [0.25, 0.3) is 0 Å². The predicted octanol–water partition coefficient (Wildman–Crippen LogP) is 3.69. The lowest BCUT2D eigenvalue weighted by Gasteiger charge is -2.35. The van der Waals surface area contributed by atoms with Crippen molar-refractivity contribution in [3.8, 4) is 0 Å². The largest absolute Gasteiger partial charge is 0.460 e. The van der Waals surface area contributed by atoms with E-state index in [1.54, 1.807) is 41.5 Å². The molecule has 14 heteroatoms. The first-order chi connectivity index (χ1) is 24.8. The van der Waals surface area contributed by atoms with Gasteiger partial charge in [0, 0.05) is 45.8 Å². The smallest absolute Gasteiger partial charge is 0.325 e. The van der Waals surface area contributed by atoms with Crippen LogP contribution in [-0.4, -0.2) is 150 Å². The number of hydrogen-bond acceptors (Lipinski definition) is 14. The Balaban J connectivity index is 2.50. The molecule has 2 rings (SSSR count). The van der Waals surface area contributed by atoms with E-state index in [4.69, 9.17) is 23.7 Å². The summed E-state index contributed by atoms with van der Waals surface area (Å²) in [6, 6.07) is 8.11. The van der Waals surface area contributed by atoms with Crippen LogP contribution in [-0.2, 0) is 54.3 Å². The lowest BCUT2D eigenvalue weighted by molar-refractivity contribution is -0.165. The molecular formula is C40H66N4O10. The average Bonchev–Trinajstić information content (AvgIpc) is 3.06. The second kappa shape index (κ2) is 20.4. The molecule has 1 heterocycles. The van der Waals surface area contributed by atoms with Gasteiger partial charge in [-0.05, 0) is 88.6 Å². The topological polar surface area (TPSA) is 144 Å². The lowest BCUT2D eigenvalue weighted by Crippen LogP contribution is -2.54. The summed E-state index contributed by atoms with van der Waals surface area (Å²) in [6.07, 6.45) is 0. The Morgan fingerprint density at radius 2 is 0.907 bits per heavy atom. The molecule has 0 saturated carbocycles. The highest BCUT2D eigenvalue weighted by molar-refractivity contribution is 5.81. The number of rotatable bonds is 14. The van der Waals surface area contributed by atoms with E-state index in [0.29, 0.717) is 39.3 Å². The molecule has 1 unspecified atom stereocenters. The first-order valence-corrected chi connectivity index (χ1v) is 18.8. The number of carbonyl (C=O) groups is 5. The Hall–Kier alpha value is -3.59. The fourth-order valence-electron chi connectivity index (χ4n) is 5.56. The summed E-state index contributed by atoms with van der Waals surface area (Å²) in [5, 5.41) is 0. The van der Waals surface area contributed by atoms with Gasteiger partial charge >= 0.3 is 29.8 Å². The van der Waals surface area contributed by atoms with Crippen LogP contribution < -0.4 is 0 Å². The fraction of sp³-hybridized carbons (Fsp3) is 0.725. The van der Waals surface area contributed by atoms with E-state index < -0.39 is 46.4 Å². The van der Waals surface area contributed by atoms with Crippen LogP contribution in [0.5, 0.6) is 0 Å². The minimum absolute atomic E-state index is 0.0176. The quantitative estimate of drug-likeness (QED) is 0.201. The second-order valence-electron chi connectivity index (χ2n) is 17.7. The minimum Gasteiger partial charge on any atom is -0.460 e. The molecule has 0 amide bonds. The molecule has 1 fully saturated rings. The van der Waals surface area contributed by atoms with Crippen LogP contribution in [0.15, 0.2) is 30.3 Å². The first-order valence-electron chi connectivity index (χ1n) is 18.8. The summed E-state index contributed by atoms with van der Waals surface area (Å²) < 4.78 is 28.3. The lowest BCUT2D eigenvalue weighted by atomic mass is 10.1. The molecule has 0 spiro atoms. The van der Waals surface area contributed by atoms with Crippen molar-refractivity contribution in [2.24, 2.45) is 0 Å². The monoisotopic (exact) mass is 762 g/mol. The summed E-state index contributed by atoms with van der Waals surface area (Å²) in [6.45, 7) is 23.3. The molecule has 0 aromatic heterocycles. The van der Waals surface area contributed by atoms with Gasteiger partial charge in [-0.1, -0.05) is 30.3 Å². The second-order valence-corrected chi connectivity index (χ2v) is 17.7. The molecule has 0 radical (unpaired) electrons. The third-order valence-electron chi connectivity index (χ3n) is 7.62. The Labute approximate surface area is 322 Å². The van der Waals surface area contributed by atoms with Crippen LogP contribution in [0.1, 0.15) is 88.6 Å². The van der Waals surface area contributed by atoms with Gasteiger partial charge in [0.25, 0.3) is 0 Å². The maximum atomic E-state index is 14.1. The fourth-order valence-corrected chi connectivity index (χ4v) is 5.56. The zero-order valence-corrected chi connectivity index (χ0v) is 34.8. The molecule has 1 aromatic carbocycles. The third kappa shape index (κ3) is 20.8. The van der Waals surface area contributed by atoms with Crippen LogP contribution in [0.3, 0.4) is 0 Å². The van der Waals surface area contributed by atoms with Crippen molar-refractivity contribution >= 4 is 29.8 Å². The summed E-state index contributed by atoms with van der Waals surface area (Å²) >= 11 is 0. The van der Waals surface area contributed by atoms with E-state index in [1.165, 1.54) is 4.90 Å². The van der Waals surface area contributed by atoms with Gasteiger partial charge in [0.05, 0.1) is 26.2 Å². The number of ether oxygens (including phenoxy) is 5. The minimum atomic E-state index is -1.10. The third-order valence-corrected chi connectivity index (χ3v) is 7.62. The first kappa shape index (κ1) is 46.6. The molecule has 1 atom stereocenters. The van der Waals surface area contributed by atoms with Crippen molar-refractivity contribution in [2.45, 2.75) is 118 Å². The van der Waals surface area contributed by atoms with Gasteiger partial charge in [0.1, 0.15) is 35.1 Å². The Morgan fingerprint density at radius 1 is 0.556 bits per heavy atom. The SMILES string of the molecule is CC(C)(C)OC(=O)CN1CCN(CC(=O)OC(C)(C)C)CCN(CC(C(=O)OCc2ccccc2)N(CC(=O)OC(C)(C)C)CC(=O)OC(C)(C)C)CC1. The number of carbonyl (C=O) groups excluding carboxylic acids is 5. The Kier molecular flexibility index (Phi) is 17.6. The van der Waals surface area contributed by atoms with Crippen LogP contribution in [0.4, 0.5) is 0 Å². The van der Waals surface area contributed by atoms with Crippen molar-refractivity contribution in [1.82, 2.24) is 19.6 Å². The highest BCUT2D eigenvalue weighted by atomic mass is 16.6. The van der Waals surface area contributed by atoms with Crippen molar-refractivity contribution in [3.05, 3.63) is 35.9 Å². The Morgan fingerprint density at radius 3 is 1.28 bits per heavy atom. The van der Waals surface area contributed by atoms with Gasteiger partial charge in [0.2, 0.25) is 0 Å². The average molecular weight is 763 g/mol. The Bertz CT molecular complexity index is 1300. The molecule has 0 bridgehead atoms. The van der Waals surface area contributed by atoms with Crippen LogP contribution >= 0.6 is 0 Å². The van der Waals surface area contributed by atoms with Crippen LogP contribution in [0.2, 0.25) is 0 Å². The van der Waals surface area contributed by atoms with E-state index in [9.17, 15) is 24.0 Å². The maximum Gasteiger partial charge on any atom is 0.325 e. The highest BCUT2D eigenvalue weighted by Gasteiger charge is 2.35. The molecular weight excluding hydrogens is 696 g/mol. The molecule has 1 saturated heterocycles. The van der Waals surface area contributed by atoms with Gasteiger partial charge in [0.15, 0.2) is 0 Å². The van der Waals surface area contributed by atoms with Gasteiger partial charge in [-0.25, -0.2) is 0 Å². The van der Waals surface area contributed by atoms with Crippen molar-refractivity contribution in [1.29, 1.82) is 0 Å². The zero-order valence-electron chi connectivity index (χ0n) is 34.8. The molecule has 0 aliphatic carbocycles. The summed E-state index contributed by atoms with van der Waals surface area (Å²) in [5.41, 5.74) is -2.17. The maximum absolute atomic E-state index is 14.1. The van der Waals surface area contributed by atoms with E-state index in [1.807, 2.05) is 86.6 Å². The van der Waals surface area contributed by atoms with E-state index in [2.05, 4.69) is 0 Å². The number of hydrogen-bond donors (Lipinski definition) is 0. The molecule has 54 heavy (non-hydrogen) atoms. The van der Waals surface area contributed by atoms with Gasteiger partial charge in [-0.3, -0.25) is 43.6 Å². The number of nitrogens with zero attached hydrogens (tertiary/aromatic N) is 4. The summed E-state index contributed by atoms with van der Waals surface area (Å²) in [5.74, 6) is -2.64. The van der Waals surface area contributed by atoms with Gasteiger partial charge < -0.3 is 23.7 Å². The number of esters is 5. The normalized spacial score (nSPS) is 16.4. The van der Waals surface area contributed by atoms with Gasteiger partial charge in [-0.15, -0.1) is 0 Å².